The maximum Gasteiger partial charge on any atom is 0.264 e. The molecule has 0 radical (unpaired) electrons. The number of amides is 2. The van der Waals surface area contributed by atoms with Gasteiger partial charge in [0.15, 0.2) is 11.5 Å². The number of hydrogen-bond acceptors (Lipinski definition) is 7. The highest BCUT2D eigenvalue weighted by Gasteiger charge is 2.27. The van der Waals surface area contributed by atoms with Crippen molar-refractivity contribution >= 4 is 34.5 Å². The Bertz CT molecular complexity index is 1110. The van der Waals surface area contributed by atoms with Gasteiger partial charge in [-0.3, -0.25) is 9.59 Å². The SMILES string of the molecule is COc1ccc(CCN(Cc2cccs2)C(=O)CN(CC2CCCO2)C(=O)c2cccs2)cc1OC. The fraction of sp³-hybridized carbons (Fsp3) is 0.407. The second-order valence-electron chi connectivity index (χ2n) is 8.63. The van der Waals surface area contributed by atoms with E-state index >= 15 is 0 Å². The Morgan fingerprint density at radius 1 is 1.03 bits per heavy atom. The summed E-state index contributed by atoms with van der Waals surface area (Å²) in [4.78, 5) is 32.1. The molecule has 0 saturated carbocycles. The van der Waals surface area contributed by atoms with Gasteiger partial charge in [0.2, 0.25) is 5.91 Å². The molecule has 192 valence electrons. The normalized spacial score (nSPS) is 15.0. The zero-order valence-corrected chi connectivity index (χ0v) is 22.3. The highest BCUT2D eigenvalue weighted by atomic mass is 32.1. The van der Waals surface area contributed by atoms with Crippen LogP contribution < -0.4 is 9.47 Å². The molecular formula is C27H32N2O5S2. The summed E-state index contributed by atoms with van der Waals surface area (Å²) in [5.74, 6) is 1.14. The minimum atomic E-state index is -0.121. The van der Waals surface area contributed by atoms with Crippen molar-refractivity contribution in [3.05, 3.63) is 68.5 Å². The van der Waals surface area contributed by atoms with Gasteiger partial charge in [-0.05, 0) is 59.9 Å². The molecular weight excluding hydrogens is 496 g/mol. The van der Waals surface area contributed by atoms with Gasteiger partial charge < -0.3 is 24.0 Å². The lowest BCUT2D eigenvalue weighted by atomic mass is 10.1. The lowest BCUT2D eigenvalue weighted by molar-refractivity contribution is -0.132. The van der Waals surface area contributed by atoms with Crippen LogP contribution in [0.25, 0.3) is 0 Å². The van der Waals surface area contributed by atoms with Gasteiger partial charge in [-0.25, -0.2) is 0 Å². The lowest BCUT2D eigenvalue weighted by Gasteiger charge is -2.29. The van der Waals surface area contributed by atoms with Crippen LogP contribution in [0.5, 0.6) is 11.5 Å². The van der Waals surface area contributed by atoms with Crippen molar-refractivity contribution < 1.29 is 23.8 Å². The van der Waals surface area contributed by atoms with E-state index in [-0.39, 0.29) is 24.5 Å². The topological polar surface area (TPSA) is 68.3 Å². The molecule has 3 heterocycles. The summed E-state index contributed by atoms with van der Waals surface area (Å²) in [5, 5.41) is 3.89. The molecule has 1 aliphatic rings. The van der Waals surface area contributed by atoms with Crippen LogP contribution in [0.15, 0.2) is 53.2 Å². The van der Waals surface area contributed by atoms with Crippen LogP contribution in [0, 0.1) is 0 Å². The van der Waals surface area contributed by atoms with Gasteiger partial charge >= 0.3 is 0 Å². The monoisotopic (exact) mass is 528 g/mol. The van der Waals surface area contributed by atoms with E-state index in [1.165, 1.54) is 11.3 Å². The molecule has 36 heavy (non-hydrogen) atoms. The Labute approximate surface area is 220 Å². The van der Waals surface area contributed by atoms with Crippen molar-refractivity contribution in [2.45, 2.75) is 31.9 Å². The van der Waals surface area contributed by atoms with E-state index in [9.17, 15) is 9.59 Å². The second kappa shape index (κ2) is 12.9. The average molecular weight is 529 g/mol. The first-order valence-corrected chi connectivity index (χ1v) is 13.8. The molecule has 4 rings (SSSR count). The van der Waals surface area contributed by atoms with Crippen LogP contribution in [0.4, 0.5) is 0 Å². The number of hydrogen-bond donors (Lipinski definition) is 0. The summed E-state index contributed by atoms with van der Waals surface area (Å²) < 4.78 is 16.6. The number of benzene rings is 1. The van der Waals surface area contributed by atoms with E-state index in [0.717, 1.165) is 23.3 Å². The molecule has 3 aromatic rings. The van der Waals surface area contributed by atoms with Crippen molar-refractivity contribution in [1.82, 2.24) is 9.80 Å². The average Bonchev–Trinajstić information content (AvgIpc) is 3.69. The number of carbonyl (C=O) groups excluding carboxylic acids is 2. The van der Waals surface area contributed by atoms with E-state index in [1.54, 1.807) is 36.5 Å². The molecule has 9 heteroatoms. The lowest BCUT2D eigenvalue weighted by Crippen LogP contribution is -2.45. The molecule has 0 aliphatic carbocycles. The summed E-state index contributed by atoms with van der Waals surface area (Å²) in [6.07, 6.45) is 2.51. The molecule has 1 aromatic carbocycles. The van der Waals surface area contributed by atoms with Crippen molar-refractivity contribution in [2.24, 2.45) is 0 Å². The maximum absolute atomic E-state index is 13.6. The molecule has 0 N–H and O–H groups in total. The molecule has 1 fully saturated rings. The smallest absolute Gasteiger partial charge is 0.264 e. The molecule has 7 nitrogen and oxygen atoms in total. The van der Waals surface area contributed by atoms with Crippen LogP contribution in [0.2, 0.25) is 0 Å². The molecule has 1 saturated heterocycles. The minimum Gasteiger partial charge on any atom is -0.493 e. The van der Waals surface area contributed by atoms with Crippen LogP contribution in [0.1, 0.15) is 33.0 Å². The minimum absolute atomic E-state index is 0.0217. The van der Waals surface area contributed by atoms with E-state index in [2.05, 4.69) is 0 Å². The molecule has 0 bridgehead atoms. The zero-order valence-electron chi connectivity index (χ0n) is 20.7. The summed E-state index contributed by atoms with van der Waals surface area (Å²) >= 11 is 3.01. The number of ether oxygens (including phenoxy) is 3. The number of carbonyl (C=O) groups is 2. The Balaban J connectivity index is 1.49. The first-order chi connectivity index (χ1) is 17.6. The molecule has 1 unspecified atom stereocenters. The molecule has 2 amide bonds. The van der Waals surface area contributed by atoms with Crippen molar-refractivity contribution in [2.75, 3.05) is 40.5 Å². The van der Waals surface area contributed by atoms with Crippen LogP contribution in [0.3, 0.4) is 0 Å². The van der Waals surface area contributed by atoms with Gasteiger partial charge in [-0.2, -0.15) is 0 Å². The van der Waals surface area contributed by atoms with Gasteiger partial charge in [-0.1, -0.05) is 18.2 Å². The van der Waals surface area contributed by atoms with E-state index < -0.39 is 0 Å². The van der Waals surface area contributed by atoms with Gasteiger partial charge in [-0.15, -0.1) is 22.7 Å². The second-order valence-corrected chi connectivity index (χ2v) is 10.6. The highest BCUT2D eigenvalue weighted by Crippen LogP contribution is 2.28. The van der Waals surface area contributed by atoms with E-state index in [0.29, 0.717) is 49.0 Å². The largest absolute Gasteiger partial charge is 0.493 e. The predicted molar refractivity (Wildman–Crippen MR) is 142 cm³/mol. The third kappa shape index (κ3) is 6.87. The molecule has 1 aliphatic heterocycles. The van der Waals surface area contributed by atoms with Crippen molar-refractivity contribution in [3.63, 3.8) is 0 Å². The first-order valence-electron chi connectivity index (χ1n) is 12.0. The Hall–Kier alpha value is -2.88. The number of methoxy groups -OCH3 is 2. The fourth-order valence-electron chi connectivity index (χ4n) is 4.26. The van der Waals surface area contributed by atoms with Crippen LogP contribution >= 0.6 is 22.7 Å². The summed E-state index contributed by atoms with van der Waals surface area (Å²) in [7, 11) is 3.22. The molecule has 0 spiro atoms. The third-order valence-electron chi connectivity index (χ3n) is 6.19. The van der Waals surface area contributed by atoms with Crippen molar-refractivity contribution in [3.8, 4) is 11.5 Å². The summed E-state index contributed by atoms with van der Waals surface area (Å²) in [5.41, 5.74) is 1.04. The quantitative estimate of drug-likeness (QED) is 0.340. The fourth-order valence-corrected chi connectivity index (χ4v) is 5.67. The van der Waals surface area contributed by atoms with Gasteiger partial charge in [0.1, 0.15) is 6.54 Å². The summed E-state index contributed by atoms with van der Waals surface area (Å²) in [6, 6.07) is 13.5. The Kier molecular flexibility index (Phi) is 9.38. The van der Waals surface area contributed by atoms with Crippen molar-refractivity contribution in [1.29, 1.82) is 0 Å². The zero-order chi connectivity index (χ0) is 25.3. The van der Waals surface area contributed by atoms with E-state index in [1.807, 2.05) is 52.1 Å². The molecule has 2 aromatic heterocycles. The summed E-state index contributed by atoms with van der Waals surface area (Å²) in [6.45, 7) is 2.17. The van der Waals surface area contributed by atoms with Crippen LogP contribution in [-0.2, 0) is 22.5 Å². The maximum atomic E-state index is 13.6. The standard InChI is InChI=1S/C27H32N2O5S2/c1-32-23-10-9-20(16-24(23)33-2)11-12-28(18-22-7-4-14-35-22)26(30)19-29(17-21-6-3-13-34-21)27(31)25-8-5-15-36-25/h4-5,7-10,14-16,21H,3,6,11-13,17-19H2,1-2H3. The highest BCUT2D eigenvalue weighted by molar-refractivity contribution is 7.12. The van der Waals surface area contributed by atoms with Gasteiger partial charge in [0.25, 0.3) is 5.91 Å². The Morgan fingerprint density at radius 2 is 1.83 bits per heavy atom. The molecule has 1 atom stereocenters. The third-order valence-corrected chi connectivity index (χ3v) is 7.91. The van der Waals surface area contributed by atoms with E-state index in [4.69, 9.17) is 14.2 Å². The van der Waals surface area contributed by atoms with Gasteiger partial charge in [0, 0.05) is 24.6 Å². The first kappa shape index (κ1) is 26.2. The number of thiophene rings is 2. The number of rotatable bonds is 12. The van der Waals surface area contributed by atoms with Crippen LogP contribution in [-0.4, -0.2) is 68.2 Å². The van der Waals surface area contributed by atoms with Gasteiger partial charge in [0.05, 0.1) is 31.7 Å². The number of nitrogens with zero attached hydrogens (tertiary/aromatic N) is 2. The Morgan fingerprint density at radius 3 is 2.50 bits per heavy atom. The predicted octanol–water partition coefficient (Wildman–Crippen LogP) is 4.72.